The zero-order chi connectivity index (χ0) is 10.0. The summed E-state index contributed by atoms with van der Waals surface area (Å²) in [5.41, 5.74) is 1.05. The van der Waals surface area contributed by atoms with E-state index in [1.165, 1.54) is 32.1 Å². The monoisotopic (exact) mass is 234 g/mol. The van der Waals surface area contributed by atoms with Gasteiger partial charge in [0.15, 0.2) is 0 Å². The lowest BCUT2D eigenvalue weighted by Gasteiger charge is -2.66. The molecule has 0 heterocycles. The van der Waals surface area contributed by atoms with Crippen molar-refractivity contribution in [3.63, 3.8) is 0 Å². The van der Waals surface area contributed by atoms with E-state index in [9.17, 15) is 8.42 Å². The number of halogens is 1. The number of hydrogen-bond donors (Lipinski definition) is 0. The van der Waals surface area contributed by atoms with Gasteiger partial charge in [0, 0.05) is 10.7 Å². The zero-order valence-electron chi connectivity index (χ0n) is 8.13. The smallest absolute Gasteiger partial charge is 0.212 e. The average Bonchev–Trinajstić information content (AvgIpc) is 1.72. The normalized spacial score (nSPS) is 33.5. The molecule has 4 heteroatoms. The summed E-state index contributed by atoms with van der Waals surface area (Å²) in [6, 6.07) is 0. The Balaban J connectivity index is 1.61. The Kier molecular flexibility index (Phi) is 1.68. The van der Waals surface area contributed by atoms with Crippen molar-refractivity contribution >= 4 is 19.7 Å². The molecule has 3 saturated carbocycles. The van der Waals surface area contributed by atoms with Crippen LogP contribution in [0.4, 0.5) is 0 Å². The van der Waals surface area contributed by atoms with Crippen LogP contribution >= 0.6 is 10.7 Å². The van der Waals surface area contributed by atoms with Crippen LogP contribution in [0.1, 0.15) is 44.9 Å². The molecule has 0 aromatic carbocycles. The fourth-order valence-electron chi connectivity index (χ4n) is 3.96. The van der Waals surface area contributed by atoms with E-state index in [4.69, 9.17) is 10.7 Å². The minimum atomic E-state index is -3.27. The van der Waals surface area contributed by atoms with Gasteiger partial charge in [-0.2, -0.15) is 0 Å². The van der Waals surface area contributed by atoms with Gasteiger partial charge in [0.2, 0.25) is 9.05 Å². The van der Waals surface area contributed by atoms with E-state index < -0.39 is 9.05 Å². The molecule has 14 heavy (non-hydrogen) atoms. The first-order chi connectivity index (χ1) is 6.43. The Labute approximate surface area is 89.4 Å². The van der Waals surface area contributed by atoms with Crippen molar-refractivity contribution in [1.29, 1.82) is 0 Å². The van der Waals surface area contributed by atoms with Gasteiger partial charge in [-0.25, -0.2) is 8.42 Å². The quantitative estimate of drug-likeness (QED) is 0.654. The van der Waals surface area contributed by atoms with Crippen LogP contribution in [0.15, 0.2) is 0 Å². The lowest BCUT2D eigenvalue weighted by atomic mass is 9.40. The van der Waals surface area contributed by atoms with Crippen molar-refractivity contribution in [1.82, 2.24) is 0 Å². The van der Waals surface area contributed by atoms with Crippen molar-refractivity contribution in [2.75, 3.05) is 0 Å². The van der Waals surface area contributed by atoms with Gasteiger partial charge in [-0.15, -0.1) is 0 Å². The van der Waals surface area contributed by atoms with Gasteiger partial charge in [0.1, 0.15) is 0 Å². The Hall–Kier alpha value is 0.240. The molecule has 2 spiro atoms. The molecule has 0 aromatic rings. The molecular formula is C10H15ClO2S. The first-order valence-corrected chi connectivity index (χ1v) is 7.74. The molecule has 0 unspecified atom stereocenters. The van der Waals surface area contributed by atoms with Crippen LogP contribution in [0.3, 0.4) is 0 Å². The van der Waals surface area contributed by atoms with E-state index >= 15 is 0 Å². The molecule has 0 saturated heterocycles. The molecule has 80 valence electrons. The number of rotatable bonds is 1. The molecule has 0 radical (unpaired) electrons. The van der Waals surface area contributed by atoms with E-state index in [1.807, 2.05) is 0 Å². The zero-order valence-corrected chi connectivity index (χ0v) is 9.70. The Morgan fingerprint density at radius 3 is 2.00 bits per heavy atom. The van der Waals surface area contributed by atoms with Crippen LogP contribution in [0.5, 0.6) is 0 Å². The Morgan fingerprint density at radius 1 is 1.07 bits per heavy atom. The van der Waals surface area contributed by atoms with Crippen molar-refractivity contribution < 1.29 is 8.42 Å². The number of hydrogen-bond acceptors (Lipinski definition) is 2. The predicted molar refractivity (Wildman–Crippen MR) is 55.7 cm³/mol. The van der Waals surface area contributed by atoms with Crippen molar-refractivity contribution in [3.05, 3.63) is 0 Å². The first-order valence-electron chi connectivity index (χ1n) is 5.37. The van der Waals surface area contributed by atoms with Crippen LogP contribution in [0, 0.1) is 10.8 Å². The van der Waals surface area contributed by atoms with E-state index in [2.05, 4.69) is 0 Å². The molecule has 0 amide bonds. The van der Waals surface area contributed by atoms with Gasteiger partial charge < -0.3 is 0 Å². The van der Waals surface area contributed by atoms with Crippen LogP contribution in [-0.4, -0.2) is 13.7 Å². The second-order valence-electron chi connectivity index (χ2n) is 5.71. The summed E-state index contributed by atoms with van der Waals surface area (Å²) in [5.74, 6) is 0. The minimum absolute atomic E-state index is 0.235. The lowest BCUT2D eigenvalue weighted by Crippen LogP contribution is -2.58. The summed E-state index contributed by atoms with van der Waals surface area (Å²) >= 11 is 0. The molecule has 3 rings (SSSR count). The molecule has 0 N–H and O–H groups in total. The molecule has 0 atom stereocenters. The Bertz CT molecular complexity index is 354. The fraction of sp³-hybridized carbons (Fsp3) is 1.00. The summed E-state index contributed by atoms with van der Waals surface area (Å²) in [4.78, 5) is 0. The predicted octanol–water partition coefficient (Wildman–Crippen LogP) is 2.67. The van der Waals surface area contributed by atoms with Crippen LogP contribution < -0.4 is 0 Å². The second kappa shape index (κ2) is 2.49. The summed E-state index contributed by atoms with van der Waals surface area (Å²) in [7, 11) is 2.07. The molecule has 0 aromatic heterocycles. The van der Waals surface area contributed by atoms with Gasteiger partial charge in [-0.3, -0.25) is 0 Å². The molecular weight excluding hydrogens is 220 g/mol. The van der Waals surface area contributed by atoms with Crippen molar-refractivity contribution in [2.45, 2.75) is 50.2 Å². The highest BCUT2D eigenvalue weighted by atomic mass is 35.7. The molecule has 0 bridgehead atoms. The topological polar surface area (TPSA) is 34.1 Å². The van der Waals surface area contributed by atoms with Crippen LogP contribution in [0.25, 0.3) is 0 Å². The van der Waals surface area contributed by atoms with Gasteiger partial charge in [-0.05, 0) is 49.4 Å². The molecule has 3 aliphatic rings. The maximum atomic E-state index is 11.1. The third kappa shape index (κ3) is 1.18. The average molecular weight is 235 g/mol. The fourth-order valence-corrected chi connectivity index (χ4v) is 5.45. The third-order valence-corrected chi connectivity index (χ3v) is 6.52. The largest absolute Gasteiger partial charge is 0.235 e. The van der Waals surface area contributed by atoms with Crippen molar-refractivity contribution in [3.8, 4) is 0 Å². The molecule has 3 aliphatic carbocycles. The van der Waals surface area contributed by atoms with Gasteiger partial charge in [0.25, 0.3) is 0 Å². The van der Waals surface area contributed by atoms with Gasteiger partial charge in [0.05, 0.1) is 5.25 Å². The van der Waals surface area contributed by atoms with E-state index in [0.717, 1.165) is 12.8 Å². The highest BCUT2D eigenvalue weighted by Gasteiger charge is 2.63. The van der Waals surface area contributed by atoms with Gasteiger partial charge >= 0.3 is 0 Å². The van der Waals surface area contributed by atoms with E-state index in [0.29, 0.717) is 10.8 Å². The van der Waals surface area contributed by atoms with Crippen molar-refractivity contribution in [2.24, 2.45) is 10.8 Å². The highest BCUT2D eigenvalue weighted by molar-refractivity contribution is 8.14. The van der Waals surface area contributed by atoms with E-state index in [1.54, 1.807) is 0 Å². The van der Waals surface area contributed by atoms with E-state index in [-0.39, 0.29) is 5.25 Å². The summed E-state index contributed by atoms with van der Waals surface area (Å²) in [5, 5.41) is -0.235. The summed E-state index contributed by atoms with van der Waals surface area (Å²) < 4.78 is 22.1. The standard InChI is InChI=1S/C10H15ClO2S/c11-14(12,13)8-4-10(5-8)6-9(7-10)2-1-3-9/h8H,1-7H2. The molecule has 3 fully saturated rings. The summed E-state index contributed by atoms with van der Waals surface area (Å²) in [6.07, 6.45) is 8.38. The second-order valence-corrected chi connectivity index (χ2v) is 8.62. The third-order valence-electron chi connectivity index (χ3n) is 4.63. The Morgan fingerprint density at radius 2 is 1.64 bits per heavy atom. The summed E-state index contributed by atoms with van der Waals surface area (Å²) in [6.45, 7) is 0. The van der Waals surface area contributed by atoms with Crippen LogP contribution in [-0.2, 0) is 9.05 Å². The lowest BCUT2D eigenvalue weighted by molar-refractivity contribution is -0.136. The SMILES string of the molecule is O=S(=O)(Cl)C1CC2(C1)CC1(CCC1)C2. The molecule has 0 aliphatic heterocycles. The minimum Gasteiger partial charge on any atom is -0.212 e. The van der Waals surface area contributed by atoms with Gasteiger partial charge in [-0.1, -0.05) is 6.42 Å². The highest BCUT2D eigenvalue weighted by Crippen LogP contribution is 2.71. The molecule has 2 nitrogen and oxygen atoms in total. The maximum absolute atomic E-state index is 11.1. The first kappa shape index (κ1) is 9.46. The van der Waals surface area contributed by atoms with Crippen LogP contribution in [0.2, 0.25) is 0 Å². The maximum Gasteiger partial charge on any atom is 0.235 e.